The van der Waals surface area contributed by atoms with Crippen molar-refractivity contribution >= 4 is 16.9 Å². The van der Waals surface area contributed by atoms with Crippen LogP contribution in [0.25, 0.3) is 0 Å². The van der Waals surface area contributed by atoms with Gasteiger partial charge in [0, 0.05) is 7.05 Å². The van der Waals surface area contributed by atoms with E-state index in [0.29, 0.717) is 12.1 Å². The Balaban J connectivity index is 1.95. The number of nitrogens with one attached hydrogen (secondary N) is 1. The average molecular weight is 200 g/mol. The molecular formula is C9H16N2OS. The maximum absolute atomic E-state index is 5.90. The molecule has 0 spiro atoms. The second-order valence-electron chi connectivity index (χ2n) is 3.48. The minimum absolute atomic E-state index is 0.279. The number of aliphatic imine (C=N–C) groups is 1. The Morgan fingerprint density at radius 2 is 2.46 bits per heavy atom. The summed E-state index contributed by atoms with van der Waals surface area (Å²) >= 11 is 1.73. The van der Waals surface area contributed by atoms with Crippen molar-refractivity contribution in [1.82, 2.24) is 5.32 Å². The van der Waals surface area contributed by atoms with Crippen LogP contribution in [-0.4, -0.2) is 29.8 Å². The summed E-state index contributed by atoms with van der Waals surface area (Å²) in [5.74, 6) is 0. The lowest BCUT2D eigenvalue weighted by Gasteiger charge is -2.29. The van der Waals surface area contributed by atoms with Crippen molar-refractivity contribution in [2.75, 3.05) is 7.05 Å². The fourth-order valence-corrected chi connectivity index (χ4v) is 2.89. The van der Waals surface area contributed by atoms with Crippen molar-refractivity contribution < 1.29 is 4.74 Å². The van der Waals surface area contributed by atoms with E-state index in [-0.39, 0.29) is 5.44 Å². The molecule has 0 amide bonds. The number of nitrogens with zero attached hydrogens (tertiary/aromatic N) is 1. The molecule has 74 valence electrons. The van der Waals surface area contributed by atoms with E-state index in [0.717, 1.165) is 11.6 Å². The van der Waals surface area contributed by atoms with Gasteiger partial charge in [0.1, 0.15) is 5.44 Å². The molecule has 0 aromatic carbocycles. The van der Waals surface area contributed by atoms with Gasteiger partial charge in [-0.2, -0.15) is 0 Å². The van der Waals surface area contributed by atoms with Crippen LogP contribution in [0.4, 0.5) is 0 Å². The van der Waals surface area contributed by atoms with E-state index in [1.165, 1.54) is 12.8 Å². The van der Waals surface area contributed by atoms with E-state index in [1.807, 2.05) is 7.05 Å². The molecule has 2 rings (SSSR count). The van der Waals surface area contributed by atoms with Gasteiger partial charge in [0.25, 0.3) is 0 Å². The minimum Gasteiger partial charge on any atom is -0.368 e. The van der Waals surface area contributed by atoms with Crippen molar-refractivity contribution in [3.63, 3.8) is 0 Å². The molecule has 0 unspecified atom stereocenters. The Kier molecular flexibility index (Phi) is 2.79. The summed E-state index contributed by atoms with van der Waals surface area (Å²) in [5, 5.41) is 4.12. The van der Waals surface area contributed by atoms with Gasteiger partial charge in [-0.3, -0.25) is 4.99 Å². The van der Waals surface area contributed by atoms with Gasteiger partial charge >= 0.3 is 0 Å². The summed E-state index contributed by atoms with van der Waals surface area (Å²) in [5.41, 5.74) is 0.279. The quantitative estimate of drug-likeness (QED) is 0.698. The summed E-state index contributed by atoms with van der Waals surface area (Å²) in [7, 11) is 1.92. The van der Waals surface area contributed by atoms with Gasteiger partial charge in [-0.05, 0) is 19.3 Å². The normalized spacial score (nSPS) is 38.3. The highest BCUT2D eigenvalue weighted by Crippen LogP contribution is 2.35. The number of amidine groups is 1. The summed E-state index contributed by atoms with van der Waals surface area (Å²) in [6.07, 6.45) is 3.93. The molecule has 1 fully saturated rings. The number of ether oxygens (including phenoxy) is 1. The molecule has 3 nitrogen and oxygen atoms in total. The number of fused-ring (bicyclic) bond motifs is 1. The average Bonchev–Trinajstić information content (AvgIpc) is 2.58. The molecule has 1 N–H and O–H groups in total. The summed E-state index contributed by atoms with van der Waals surface area (Å²) in [6, 6.07) is 0.398. The highest BCUT2D eigenvalue weighted by Gasteiger charge is 2.36. The minimum atomic E-state index is 0.279. The molecule has 0 aromatic rings. The van der Waals surface area contributed by atoms with Crippen LogP contribution in [0.15, 0.2) is 4.99 Å². The zero-order chi connectivity index (χ0) is 9.26. The largest absolute Gasteiger partial charge is 0.368 e. The van der Waals surface area contributed by atoms with Crippen LogP contribution in [0.3, 0.4) is 0 Å². The van der Waals surface area contributed by atoms with Gasteiger partial charge in [-0.15, -0.1) is 0 Å². The molecule has 2 heterocycles. The van der Waals surface area contributed by atoms with Crippen molar-refractivity contribution in [2.24, 2.45) is 4.99 Å². The SMILES string of the molecule is CC[C@@H]1CC[C@H]2N=C(NC)S[C@H]2O1. The van der Waals surface area contributed by atoms with Gasteiger partial charge < -0.3 is 10.1 Å². The third kappa shape index (κ3) is 1.83. The van der Waals surface area contributed by atoms with Crippen LogP contribution >= 0.6 is 11.8 Å². The topological polar surface area (TPSA) is 33.6 Å². The Labute approximate surface area is 83.3 Å². The molecule has 0 aromatic heterocycles. The van der Waals surface area contributed by atoms with E-state index < -0.39 is 0 Å². The van der Waals surface area contributed by atoms with Gasteiger partial charge in [-0.25, -0.2) is 0 Å². The first-order valence-electron chi connectivity index (χ1n) is 4.91. The number of rotatable bonds is 1. The Morgan fingerprint density at radius 1 is 1.62 bits per heavy atom. The van der Waals surface area contributed by atoms with Crippen LogP contribution in [-0.2, 0) is 4.74 Å². The van der Waals surface area contributed by atoms with E-state index in [4.69, 9.17) is 4.74 Å². The van der Waals surface area contributed by atoms with Crippen LogP contribution in [0.2, 0.25) is 0 Å². The first-order chi connectivity index (χ1) is 6.33. The maximum Gasteiger partial charge on any atom is 0.159 e. The molecule has 13 heavy (non-hydrogen) atoms. The van der Waals surface area contributed by atoms with Crippen LogP contribution < -0.4 is 5.32 Å². The van der Waals surface area contributed by atoms with Crippen LogP contribution in [0, 0.1) is 0 Å². The molecule has 1 saturated heterocycles. The third-order valence-corrected chi connectivity index (χ3v) is 3.80. The molecule has 0 bridgehead atoms. The second-order valence-corrected chi connectivity index (χ2v) is 4.57. The van der Waals surface area contributed by atoms with E-state index in [1.54, 1.807) is 11.8 Å². The number of hydrogen-bond donors (Lipinski definition) is 1. The lowest BCUT2D eigenvalue weighted by molar-refractivity contribution is -0.0135. The van der Waals surface area contributed by atoms with E-state index in [2.05, 4.69) is 17.2 Å². The third-order valence-electron chi connectivity index (χ3n) is 2.61. The van der Waals surface area contributed by atoms with Gasteiger partial charge in [0.2, 0.25) is 0 Å². The highest BCUT2D eigenvalue weighted by atomic mass is 32.2. The lowest BCUT2D eigenvalue weighted by Crippen LogP contribution is -2.33. The molecule has 0 saturated carbocycles. The van der Waals surface area contributed by atoms with E-state index >= 15 is 0 Å². The van der Waals surface area contributed by atoms with Crippen LogP contribution in [0.5, 0.6) is 0 Å². The van der Waals surface area contributed by atoms with Crippen molar-refractivity contribution in [2.45, 2.75) is 43.8 Å². The van der Waals surface area contributed by atoms with E-state index in [9.17, 15) is 0 Å². The first kappa shape index (κ1) is 9.34. The predicted molar refractivity (Wildman–Crippen MR) is 56.1 cm³/mol. The maximum atomic E-state index is 5.90. The fourth-order valence-electron chi connectivity index (χ4n) is 1.79. The van der Waals surface area contributed by atoms with Crippen molar-refractivity contribution in [3.05, 3.63) is 0 Å². The molecular weight excluding hydrogens is 184 g/mol. The van der Waals surface area contributed by atoms with Gasteiger partial charge in [-0.1, -0.05) is 18.7 Å². The van der Waals surface area contributed by atoms with Gasteiger partial charge in [0.15, 0.2) is 5.17 Å². The predicted octanol–water partition coefficient (Wildman–Crippen LogP) is 1.59. The molecule has 0 aliphatic carbocycles. The lowest BCUT2D eigenvalue weighted by atomic mass is 10.0. The molecule has 3 atom stereocenters. The fraction of sp³-hybridized carbons (Fsp3) is 0.889. The highest BCUT2D eigenvalue weighted by molar-refractivity contribution is 8.14. The number of thioether (sulfide) groups is 1. The number of hydrogen-bond acceptors (Lipinski definition) is 4. The Morgan fingerprint density at radius 3 is 3.15 bits per heavy atom. The summed E-state index contributed by atoms with van der Waals surface area (Å²) in [6.45, 7) is 2.18. The Bertz CT molecular complexity index is 220. The zero-order valence-electron chi connectivity index (χ0n) is 8.12. The standard InChI is InChI=1S/C9H16N2OS/c1-3-6-4-5-7-8(12-6)13-9(10-2)11-7/h6-8H,3-5H2,1-2H3,(H,10,11)/t6-,7-,8-/m1/s1. The molecule has 2 aliphatic heterocycles. The second kappa shape index (κ2) is 3.88. The first-order valence-corrected chi connectivity index (χ1v) is 5.79. The van der Waals surface area contributed by atoms with Gasteiger partial charge in [0.05, 0.1) is 12.1 Å². The molecule has 0 radical (unpaired) electrons. The summed E-state index contributed by atoms with van der Waals surface area (Å²) < 4.78 is 5.90. The van der Waals surface area contributed by atoms with Crippen molar-refractivity contribution in [1.29, 1.82) is 0 Å². The monoisotopic (exact) mass is 200 g/mol. The zero-order valence-corrected chi connectivity index (χ0v) is 8.93. The molecule has 2 aliphatic rings. The molecule has 4 heteroatoms. The smallest absolute Gasteiger partial charge is 0.159 e. The van der Waals surface area contributed by atoms with Crippen LogP contribution in [0.1, 0.15) is 26.2 Å². The summed E-state index contributed by atoms with van der Waals surface area (Å²) in [4.78, 5) is 4.54. The Hall–Kier alpha value is -0.220. The van der Waals surface area contributed by atoms with Crippen molar-refractivity contribution in [3.8, 4) is 0 Å².